The van der Waals surface area contributed by atoms with Crippen LogP contribution < -0.4 is 0 Å². The highest BCUT2D eigenvalue weighted by molar-refractivity contribution is 5.86. The van der Waals surface area contributed by atoms with Crippen molar-refractivity contribution in [2.75, 3.05) is 6.54 Å². The van der Waals surface area contributed by atoms with Gasteiger partial charge in [0.15, 0.2) is 0 Å². The number of amidine groups is 1. The first-order valence-electron chi connectivity index (χ1n) is 4.86. The highest BCUT2D eigenvalue weighted by Gasteiger charge is 2.27. The summed E-state index contributed by atoms with van der Waals surface area (Å²) in [5, 5.41) is 0. The van der Waals surface area contributed by atoms with Gasteiger partial charge < -0.3 is 4.90 Å². The van der Waals surface area contributed by atoms with Crippen molar-refractivity contribution in [3.63, 3.8) is 0 Å². The van der Waals surface area contributed by atoms with Crippen LogP contribution in [0.1, 0.15) is 34.6 Å². The van der Waals surface area contributed by atoms with Crippen LogP contribution in [-0.4, -0.2) is 29.4 Å². The molecule has 0 saturated carbocycles. The van der Waals surface area contributed by atoms with Crippen molar-refractivity contribution >= 4 is 5.84 Å². The van der Waals surface area contributed by atoms with Gasteiger partial charge in [0, 0.05) is 18.0 Å². The van der Waals surface area contributed by atoms with Crippen LogP contribution in [0.4, 0.5) is 0 Å². The summed E-state index contributed by atoms with van der Waals surface area (Å²) in [5.41, 5.74) is 0. The quantitative estimate of drug-likeness (QED) is 0.617. The van der Waals surface area contributed by atoms with Crippen molar-refractivity contribution in [3.8, 4) is 0 Å². The molecule has 1 heterocycles. The van der Waals surface area contributed by atoms with Crippen molar-refractivity contribution in [1.82, 2.24) is 4.90 Å². The van der Waals surface area contributed by atoms with Crippen LogP contribution in [0.2, 0.25) is 0 Å². The van der Waals surface area contributed by atoms with E-state index in [9.17, 15) is 0 Å². The molecule has 12 heavy (non-hydrogen) atoms. The molecule has 0 aromatic heterocycles. The van der Waals surface area contributed by atoms with Crippen molar-refractivity contribution in [1.29, 1.82) is 0 Å². The fourth-order valence-corrected chi connectivity index (χ4v) is 1.88. The van der Waals surface area contributed by atoms with Gasteiger partial charge in [-0.3, -0.25) is 4.99 Å². The first-order valence-corrected chi connectivity index (χ1v) is 4.86. The molecule has 0 amide bonds. The highest BCUT2D eigenvalue weighted by atomic mass is 15.3. The van der Waals surface area contributed by atoms with E-state index in [2.05, 4.69) is 44.5 Å². The van der Waals surface area contributed by atoms with Gasteiger partial charge in [0.2, 0.25) is 0 Å². The first-order chi connectivity index (χ1) is 5.54. The molecule has 1 aliphatic heterocycles. The maximum Gasteiger partial charge on any atom is 0.102 e. The Morgan fingerprint density at radius 1 is 1.33 bits per heavy atom. The van der Waals surface area contributed by atoms with E-state index in [1.54, 1.807) is 0 Å². The molecule has 0 saturated heterocycles. The van der Waals surface area contributed by atoms with Crippen LogP contribution in [0.3, 0.4) is 0 Å². The Kier molecular flexibility index (Phi) is 2.76. The second kappa shape index (κ2) is 3.46. The lowest BCUT2D eigenvalue weighted by molar-refractivity contribution is 0.294. The Balaban J connectivity index is 2.74. The van der Waals surface area contributed by atoms with Crippen LogP contribution >= 0.6 is 0 Å². The van der Waals surface area contributed by atoms with Crippen molar-refractivity contribution in [2.24, 2.45) is 10.9 Å². The Labute approximate surface area is 75.7 Å². The van der Waals surface area contributed by atoms with Gasteiger partial charge in [0.05, 0.1) is 6.54 Å². The van der Waals surface area contributed by atoms with E-state index in [1.165, 1.54) is 5.84 Å². The predicted molar refractivity (Wildman–Crippen MR) is 53.6 cm³/mol. The Morgan fingerprint density at radius 3 is 2.25 bits per heavy atom. The molecular formula is C10H20N2. The maximum atomic E-state index is 4.56. The van der Waals surface area contributed by atoms with Crippen LogP contribution in [0.5, 0.6) is 0 Å². The van der Waals surface area contributed by atoms with Gasteiger partial charge >= 0.3 is 0 Å². The van der Waals surface area contributed by atoms with Crippen molar-refractivity contribution in [3.05, 3.63) is 0 Å². The van der Waals surface area contributed by atoms with Gasteiger partial charge in [-0.15, -0.1) is 0 Å². The van der Waals surface area contributed by atoms with Gasteiger partial charge in [-0.1, -0.05) is 13.8 Å². The predicted octanol–water partition coefficient (Wildman–Crippen LogP) is 2.15. The number of nitrogens with zero attached hydrogens (tertiary/aromatic N) is 2. The summed E-state index contributed by atoms with van der Waals surface area (Å²) in [6.45, 7) is 12.1. The Bertz CT molecular complexity index is 182. The molecule has 1 atom stereocenters. The molecule has 0 aromatic carbocycles. The number of rotatable bonds is 2. The van der Waals surface area contributed by atoms with Crippen LogP contribution in [0, 0.1) is 5.92 Å². The Morgan fingerprint density at radius 2 is 1.92 bits per heavy atom. The number of aliphatic imine (C=N–C) groups is 1. The Hall–Kier alpha value is -0.530. The zero-order valence-corrected chi connectivity index (χ0v) is 8.83. The topological polar surface area (TPSA) is 15.6 Å². The van der Waals surface area contributed by atoms with Gasteiger partial charge in [-0.25, -0.2) is 0 Å². The zero-order valence-electron chi connectivity index (χ0n) is 8.83. The molecule has 1 rings (SSSR count). The van der Waals surface area contributed by atoms with E-state index in [-0.39, 0.29) is 0 Å². The lowest BCUT2D eigenvalue weighted by Crippen LogP contribution is -2.41. The standard InChI is InChI=1S/C10H20N2/c1-7(2)10-11-6-9(5)12(10)8(3)4/h7-9H,6H2,1-5H3. The van der Waals surface area contributed by atoms with E-state index in [1.807, 2.05) is 0 Å². The number of hydrogen-bond donors (Lipinski definition) is 0. The summed E-state index contributed by atoms with van der Waals surface area (Å²) in [7, 11) is 0. The molecule has 0 aliphatic carbocycles. The number of hydrogen-bond acceptors (Lipinski definition) is 2. The monoisotopic (exact) mass is 168 g/mol. The second-order valence-electron chi connectivity index (χ2n) is 4.20. The molecule has 70 valence electrons. The van der Waals surface area contributed by atoms with Crippen LogP contribution in [0.25, 0.3) is 0 Å². The summed E-state index contributed by atoms with van der Waals surface area (Å²) in [4.78, 5) is 7.00. The molecule has 0 fully saturated rings. The average Bonchev–Trinajstić information content (AvgIpc) is 2.30. The normalized spacial score (nSPS) is 24.1. The minimum atomic E-state index is 0.567. The third kappa shape index (κ3) is 1.62. The van der Waals surface area contributed by atoms with E-state index >= 15 is 0 Å². The lowest BCUT2D eigenvalue weighted by Gasteiger charge is -2.31. The smallest absolute Gasteiger partial charge is 0.102 e. The van der Waals surface area contributed by atoms with Gasteiger partial charge in [0.25, 0.3) is 0 Å². The van der Waals surface area contributed by atoms with E-state index in [0.717, 1.165) is 6.54 Å². The second-order valence-corrected chi connectivity index (χ2v) is 4.20. The first kappa shape index (κ1) is 9.56. The van der Waals surface area contributed by atoms with Gasteiger partial charge in [-0.05, 0) is 20.8 Å². The molecule has 0 bridgehead atoms. The van der Waals surface area contributed by atoms with Crippen LogP contribution in [0.15, 0.2) is 4.99 Å². The fourth-order valence-electron chi connectivity index (χ4n) is 1.88. The summed E-state index contributed by atoms with van der Waals surface area (Å²) in [6.07, 6.45) is 0. The molecule has 0 N–H and O–H groups in total. The lowest BCUT2D eigenvalue weighted by atomic mass is 10.1. The minimum absolute atomic E-state index is 0.567. The largest absolute Gasteiger partial charge is 0.353 e. The molecule has 2 heteroatoms. The zero-order chi connectivity index (χ0) is 9.30. The van der Waals surface area contributed by atoms with Crippen molar-refractivity contribution in [2.45, 2.75) is 46.7 Å². The highest BCUT2D eigenvalue weighted by Crippen LogP contribution is 2.18. The molecular weight excluding hydrogens is 148 g/mol. The molecule has 0 aromatic rings. The van der Waals surface area contributed by atoms with E-state index < -0.39 is 0 Å². The van der Waals surface area contributed by atoms with Crippen molar-refractivity contribution < 1.29 is 0 Å². The fraction of sp³-hybridized carbons (Fsp3) is 0.900. The molecule has 0 spiro atoms. The molecule has 0 radical (unpaired) electrons. The summed E-state index contributed by atoms with van der Waals surface area (Å²) in [6, 6.07) is 1.19. The molecule has 2 nitrogen and oxygen atoms in total. The third-order valence-corrected chi connectivity index (χ3v) is 2.33. The van der Waals surface area contributed by atoms with E-state index in [0.29, 0.717) is 18.0 Å². The minimum Gasteiger partial charge on any atom is -0.353 e. The molecule has 1 unspecified atom stereocenters. The molecule has 1 aliphatic rings. The summed E-state index contributed by atoms with van der Waals surface area (Å²) in [5.74, 6) is 1.86. The van der Waals surface area contributed by atoms with Gasteiger partial charge in [-0.2, -0.15) is 0 Å². The maximum absolute atomic E-state index is 4.56. The van der Waals surface area contributed by atoms with Crippen LogP contribution in [-0.2, 0) is 0 Å². The third-order valence-electron chi connectivity index (χ3n) is 2.33. The summed E-state index contributed by atoms with van der Waals surface area (Å²) < 4.78 is 0. The SMILES string of the molecule is CC(C)C1=NCC(C)N1C(C)C. The van der Waals surface area contributed by atoms with Gasteiger partial charge in [0.1, 0.15) is 5.84 Å². The average molecular weight is 168 g/mol. The van der Waals surface area contributed by atoms with E-state index in [4.69, 9.17) is 0 Å². The summed E-state index contributed by atoms with van der Waals surface area (Å²) >= 11 is 0.